The van der Waals surface area contributed by atoms with Crippen molar-refractivity contribution in [2.24, 2.45) is 0 Å². The van der Waals surface area contributed by atoms with Crippen LogP contribution >= 0.6 is 0 Å². The molecular formula is C16H22N8. The third-order valence-electron chi connectivity index (χ3n) is 3.51. The van der Waals surface area contributed by atoms with Gasteiger partial charge in [0.05, 0.1) is 0 Å². The van der Waals surface area contributed by atoms with Crippen LogP contribution in [0, 0.1) is 13.8 Å². The predicted octanol–water partition coefficient (Wildman–Crippen LogP) is 2.18. The monoisotopic (exact) mass is 326 g/mol. The number of nitrogens with zero attached hydrogens (tertiary/aromatic N) is 6. The first-order valence-electron chi connectivity index (χ1n) is 8.03. The van der Waals surface area contributed by atoms with Gasteiger partial charge in [-0.1, -0.05) is 13.8 Å². The molecule has 126 valence electrons. The van der Waals surface area contributed by atoms with Crippen LogP contribution in [-0.4, -0.2) is 42.6 Å². The second-order valence-corrected chi connectivity index (χ2v) is 6.02. The van der Waals surface area contributed by atoms with Gasteiger partial charge in [-0.05, 0) is 13.8 Å². The minimum Gasteiger partial charge on any atom is -0.368 e. The first-order chi connectivity index (χ1) is 11.5. The van der Waals surface area contributed by atoms with Gasteiger partial charge in [-0.25, -0.2) is 15.0 Å². The first kappa shape index (κ1) is 16.1. The lowest BCUT2D eigenvalue weighted by Crippen LogP contribution is -2.17. The number of aromatic nitrogens is 6. The quantitative estimate of drug-likeness (QED) is 0.671. The summed E-state index contributed by atoms with van der Waals surface area (Å²) < 4.78 is 1.69. The van der Waals surface area contributed by atoms with Crippen molar-refractivity contribution in [1.29, 1.82) is 0 Å². The fraction of sp³-hybridized carbons (Fsp3) is 0.438. The average molecular weight is 326 g/mol. The molecule has 0 aromatic carbocycles. The summed E-state index contributed by atoms with van der Waals surface area (Å²) in [7, 11) is 0. The van der Waals surface area contributed by atoms with Crippen LogP contribution in [-0.2, 0) is 0 Å². The van der Waals surface area contributed by atoms with E-state index in [1.54, 1.807) is 4.52 Å². The van der Waals surface area contributed by atoms with Gasteiger partial charge in [0.25, 0.3) is 5.78 Å². The Hall–Kier alpha value is -2.77. The molecule has 0 saturated carbocycles. The lowest BCUT2D eigenvalue weighted by Gasteiger charge is -2.12. The fourth-order valence-corrected chi connectivity index (χ4v) is 2.38. The third-order valence-corrected chi connectivity index (χ3v) is 3.51. The molecule has 3 aromatic heterocycles. The highest BCUT2D eigenvalue weighted by atomic mass is 15.4. The minimum absolute atomic E-state index is 0.309. The van der Waals surface area contributed by atoms with Crippen molar-refractivity contribution in [3.63, 3.8) is 0 Å². The van der Waals surface area contributed by atoms with Crippen molar-refractivity contribution in [1.82, 2.24) is 29.5 Å². The normalized spacial score (nSPS) is 11.2. The van der Waals surface area contributed by atoms with E-state index in [0.29, 0.717) is 11.7 Å². The predicted molar refractivity (Wildman–Crippen MR) is 93.4 cm³/mol. The summed E-state index contributed by atoms with van der Waals surface area (Å²) in [5.41, 5.74) is 1.87. The maximum atomic E-state index is 4.55. The van der Waals surface area contributed by atoms with E-state index >= 15 is 0 Å². The Labute approximate surface area is 140 Å². The van der Waals surface area contributed by atoms with Crippen LogP contribution in [0.15, 0.2) is 18.5 Å². The summed E-state index contributed by atoms with van der Waals surface area (Å²) in [6.45, 7) is 9.56. The average Bonchev–Trinajstić information content (AvgIpc) is 2.99. The summed E-state index contributed by atoms with van der Waals surface area (Å²) >= 11 is 0. The van der Waals surface area contributed by atoms with E-state index in [0.717, 1.165) is 41.9 Å². The Morgan fingerprint density at radius 2 is 1.75 bits per heavy atom. The van der Waals surface area contributed by atoms with Crippen LogP contribution in [0.25, 0.3) is 5.78 Å². The highest BCUT2D eigenvalue weighted by Crippen LogP contribution is 2.13. The maximum absolute atomic E-state index is 4.55. The zero-order valence-corrected chi connectivity index (χ0v) is 14.4. The van der Waals surface area contributed by atoms with Crippen LogP contribution < -0.4 is 10.6 Å². The highest BCUT2D eigenvalue weighted by molar-refractivity contribution is 5.45. The van der Waals surface area contributed by atoms with Crippen LogP contribution in [0.2, 0.25) is 0 Å². The molecule has 0 unspecified atom stereocenters. The summed E-state index contributed by atoms with van der Waals surface area (Å²) in [6, 6.07) is 3.91. The number of nitrogens with one attached hydrogen (secondary N) is 2. The largest absolute Gasteiger partial charge is 0.368 e. The van der Waals surface area contributed by atoms with Crippen molar-refractivity contribution in [2.45, 2.75) is 33.6 Å². The number of hydrogen-bond donors (Lipinski definition) is 2. The van der Waals surface area contributed by atoms with Crippen molar-refractivity contribution in [3.8, 4) is 0 Å². The van der Waals surface area contributed by atoms with Gasteiger partial charge in [0.2, 0.25) is 0 Å². The van der Waals surface area contributed by atoms with Crippen molar-refractivity contribution < 1.29 is 0 Å². The maximum Gasteiger partial charge on any atom is 0.254 e. The second-order valence-electron chi connectivity index (χ2n) is 6.02. The topological polar surface area (TPSA) is 92.9 Å². The van der Waals surface area contributed by atoms with Gasteiger partial charge >= 0.3 is 0 Å². The van der Waals surface area contributed by atoms with E-state index in [1.165, 1.54) is 6.33 Å². The van der Waals surface area contributed by atoms with Crippen LogP contribution in [0.3, 0.4) is 0 Å². The van der Waals surface area contributed by atoms with Gasteiger partial charge in [0.15, 0.2) is 0 Å². The molecule has 0 amide bonds. The summed E-state index contributed by atoms with van der Waals surface area (Å²) in [5.74, 6) is 3.49. The molecule has 3 rings (SSSR count). The smallest absolute Gasteiger partial charge is 0.254 e. The SMILES string of the molecule is Cc1cc(NCCNc2cc(C)nc3ncnn23)nc(C(C)C)n1. The molecule has 0 aliphatic carbocycles. The molecule has 0 fully saturated rings. The van der Waals surface area contributed by atoms with Gasteiger partial charge < -0.3 is 10.6 Å². The Morgan fingerprint density at radius 1 is 1.00 bits per heavy atom. The van der Waals surface area contributed by atoms with E-state index in [2.05, 4.69) is 49.5 Å². The van der Waals surface area contributed by atoms with Crippen molar-refractivity contribution >= 4 is 17.4 Å². The van der Waals surface area contributed by atoms with Gasteiger partial charge in [-0.3, -0.25) is 0 Å². The van der Waals surface area contributed by atoms with Gasteiger partial charge in [-0.15, -0.1) is 0 Å². The van der Waals surface area contributed by atoms with Crippen molar-refractivity contribution in [3.05, 3.63) is 35.7 Å². The highest BCUT2D eigenvalue weighted by Gasteiger charge is 2.07. The third kappa shape index (κ3) is 3.58. The molecule has 0 bridgehead atoms. The van der Waals surface area contributed by atoms with E-state index in [-0.39, 0.29) is 0 Å². The first-order valence-corrected chi connectivity index (χ1v) is 8.03. The number of fused-ring (bicyclic) bond motifs is 1. The Balaban J connectivity index is 1.62. The summed E-state index contributed by atoms with van der Waals surface area (Å²) in [4.78, 5) is 17.4. The molecule has 24 heavy (non-hydrogen) atoms. The lowest BCUT2D eigenvalue weighted by molar-refractivity contribution is 0.766. The Morgan fingerprint density at radius 3 is 2.54 bits per heavy atom. The van der Waals surface area contributed by atoms with Gasteiger partial charge in [-0.2, -0.15) is 14.6 Å². The molecule has 0 aliphatic heterocycles. The van der Waals surface area contributed by atoms with E-state index in [9.17, 15) is 0 Å². The molecule has 0 radical (unpaired) electrons. The van der Waals surface area contributed by atoms with Gasteiger partial charge in [0, 0.05) is 42.5 Å². The van der Waals surface area contributed by atoms with E-state index < -0.39 is 0 Å². The number of hydrogen-bond acceptors (Lipinski definition) is 7. The summed E-state index contributed by atoms with van der Waals surface area (Å²) in [5, 5.41) is 10.9. The number of anilines is 2. The van der Waals surface area contributed by atoms with Crippen LogP contribution in [0.5, 0.6) is 0 Å². The fourth-order valence-electron chi connectivity index (χ4n) is 2.38. The molecule has 0 saturated heterocycles. The number of aryl methyl sites for hydroxylation is 2. The minimum atomic E-state index is 0.309. The molecule has 2 N–H and O–H groups in total. The van der Waals surface area contributed by atoms with Crippen LogP contribution in [0.1, 0.15) is 37.0 Å². The molecule has 0 spiro atoms. The van der Waals surface area contributed by atoms with Crippen LogP contribution in [0.4, 0.5) is 11.6 Å². The number of rotatable bonds is 6. The summed E-state index contributed by atoms with van der Waals surface area (Å²) in [6.07, 6.45) is 1.50. The Bertz CT molecular complexity index is 839. The lowest BCUT2D eigenvalue weighted by atomic mass is 10.2. The molecule has 3 heterocycles. The molecule has 3 aromatic rings. The zero-order valence-electron chi connectivity index (χ0n) is 14.4. The molecule has 0 aliphatic rings. The second kappa shape index (κ2) is 6.77. The molecule has 0 atom stereocenters. The molecule has 8 heteroatoms. The molecular weight excluding hydrogens is 304 g/mol. The molecule has 8 nitrogen and oxygen atoms in total. The standard InChI is InChI=1S/C16H22N8/c1-10(2)15-21-11(3)7-13(23-15)17-5-6-18-14-8-12(4)22-16-19-9-20-24(14)16/h7-10,18H,5-6H2,1-4H3,(H,17,21,23). The van der Waals surface area contributed by atoms with Gasteiger partial charge in [0.1, 0.15) is 23.8 Å². The van der Waals surface area contributed by atoms with E-state index in [1.807, 2.05) is 26.0 Å². The van der Waals surface area contributed by atoms with Crippen molar-refractivity contribution in [2.75, 3.05) is 23.7 Å². The Kier molecular flexibility index (Phi) is 4.54. The zero-order chi connectivity index (χ0) is 17.1. The van der Waals surface area contributed by atoms with E-state index in [4.69, 9.17) is 0 Å².